The lowest BCUT2D eigenvalue weighted by atomic mass is 10.2. The number of amides is 1. The molecule has 4 heteroatoms. The van der Waals surface area contributed by atoms with Gasteiger partial charge >= 0.3 is 0 Å². The first-order chi connectivity index (χ1) is 8.16. The molecule has 0 saturated carbocycles. The van der Waals surface area contributed by atoms with E-state index in [4.69, 9.17) is 5.73 Å². The summed E-state index contributed by atoms with van der Waals surface area (Å²) >= 11 is 0. The minimum atomic E-state index is -0.184. The predicted molar refractivity (Wildman–Crippen MR) is 69.8 cm³/mol. The smallest absolute Gasteiger partial charge is 0.244 e. The number of nitrogens with two attached hydrogens (primary N) is 1. The fourth-order valence-electron chi connectivity index (χ4n) is 2.10. The molecule has 1 aromatic carbocycles. The molecule has 0 spiro atoms. The Morgan fingerprint density at radius 1 is 1.29 bits per heavy atom. The SMILES string of the molecule is CC(Nc1ccc(N)cc1)C(=O)N1CCCC1. The molecule has 2 rings (SSSR count). The number of benzene rings is 1. The average Bonchev–Trinajstić information content (AvgIpc) is 2.84. The quantitative estimate of drug-likeness (QED) is 0.781. The predicted octanol–water partition coefficient (Wildman–Crippen LogP) is 1.69. The van der Waals surface area contributed by atoms with Crippen LogP contribution in [0.25, 0.3) is 0 Å². The van der Waals surface area contributed by atoms with E-state index in [2.05, 4.69) is 5.32 Å². The first kappa shape index (κ1) is 11.8. The number of rotatable bonds is 3. The number of nitrogens with one attached hydrogen (secondary N) is 1. The van der Waals surface area contributed by atoms with Crippen LogP contribution >= 0.6 is 0 Å². The highest BCUT2D eigenvalue weighted by molar-refractivity contribution is 5.84. The Balaban J connectivity index is 1.93. The van der Waals surface area contributed by atoms with Gasteiger partial charge in [-0.2, -0.15) is 0 Å². The van der Waals surface area contributed by atoms with Crippen LogP contribution in [0, 0.1) is 0 Å². The molecule has 0 aliphatic carbocycles. The van der Waals surface area contributed by atoms with Gasteiger partial charge in [0.15, 0.2) is 0 Å². The second-order valence-corrected chi connectivity index (χ2v) is 4.52. The molecular weight excluding hydrogens is 214 g/mol. The van der Waals surface area contributed by atoms with Crippen molar-refractivity contribution in [3.63, 3.8) is 0 Å². The standard InChI is InChI=1S/C13H19N3O/c1-10(13(17)16-8-2-3-9-16)15-12-6-4-11(14)5-7-12/h4-7,10,15H,2-3,8-9,14H2,1H3. The fraction of sp³-hybridized carbons (Fsp3) is 0.462. The summed E-state index contributed by atoms with van der Waals surface area (Å²) in [5, 5.41) is 3.20. The molecule has 1 atom stereocenters. The van der Waals surface area contributed by atoms with Gasteiger partial charge < -0.3 is 16.0 Å². The Morgan fingerprint density at radius 2 is 1.88 bits per heavy atom. The average molecular weight is 233 g/mol. The molecular formula is C13H19N3O. The van der Waals surface area contributed by atoms with Crippen LogP contribution in [0.2, 0.25) is 0 Å². The number of carbonyl (C=O) groups excluding carboxylic acids is 1. The lowest BCUT2D eigenvalue weighted by Gasteiger charge is -2.21. The van der Waals surface area contributed by atoms with Crippen molar-refractivity contribution in [2.75, 3.05) is 24.1 Å². The maximum Gasteiger partial charge on any atom is 0.244 e. The highest BCUT2D eigenvalue weighted by Crippen LogP contribution is 2.14. The molecule has 92 valence electrons. The molecule has 1 unspecified atom stereocenters. The normalized spacial score (nSPS) is 16.9. The lowest BCUT2D eigenvalue weighted by molar-refractivity contribution is -0.130. The minimum Gasteiger partial charge on any atom is -0.399 e. The molecule has 1 aliphatic rings. The summed E-state index contributed by atoms with van der Waals surface area (Å²) in [5.74, 6) is 0.180. The molecule has 3 N–H and O–H groups in total. The number of nitrogens with zero attached hydrogens (tertiary/aromatic N) is 1. The zero-order chi connectivity index (χ0) is 12.3. The van der Waals surface area contributed by atoms with Gasteiger partial charge in [-0.25, -0.2) is 0 Å². The first-order valence-electron chi connectivity index (χ1n) is 6.07. The van der Waals surface area contributed by atoms with Crippen LogP contribution in [-0.4, -0.2) is 29.9 Å². The van der Waals surface area contributed by atoms with Crippen LogP contribution in [0.5, 0.6) is 0 Å². The van der Waals surface area contributed by atoms with Crippen molar-refractivity contribution in [3.05, 3.63) is 24.3 Å². The molecule has 1 fully saturated rings. The summed E-state index contributed by atoms with van der Waals surface area (Å²) in [6, 6.07) is 7.26. The van der Waals surface area contributed by atoms with Gasteiger partial charge in [0.25, 0.3) is 0 Å². The van der Waals surface area contributed by atoms with E-state index in [0.717, 1.165) is 37.3 Å². The van der Waals surface area contributed by atoms with E-state index in [0.29, 0.717) is 0 Å². The van der Waals surface area contributed by atoms with Crippen molar-refractivity contribution < 1.29 is 4.79 Å². The van der Waals surface area contributed by atoms with Crippen LogP contribution in [0.1, 0.15) is 19.8 Å². The molecule has 1 aromatic rings. The van der Waals surface area contributed by atoms with Gasteiger partial charge in [0.05, 0.1) is 0 Å². The van der Waals surface area contributed by atoms with Gasteiger partial charge in [0.2, 0.25) is 5.91 Å². The van der Waals surface area contributed by atoms with E-state index < -0.39 is 0 Å². The lowest BCUT2D eigenvalue weighted by Crippen LogP contribution is -2.39. The van der Waals surface area contributed by atoms with E-state index in [1.165, 1.54) is 0 Å². The van der Waals surface area contributed by atoms with Crippen molar-refractivity contribution in [2.45, 2.75) is 25.8 Å². The number of likely N-dealkylation sites (tertiary alicyclic amines) is 1. The van der Waals surface area contributed by atoms with Crippen molar-refractivity contribution in [1.82, 2.24) is 4.90 Å². The summed E-state index contributed by atoms with van der Waals surface area (Å²) in [6.07, 6.45) is 2.25. The van der Waals surface area contributed by atoms with E-state index >= 15 is 0 Å². The van der Waals surface area contributed by atoms with Crippen LogP contribution in [0.3, 0.4) is 0 Å². The number of anilines is 2. The summed E-state index contributed by atoms with van der Waals surface area (Å²) in [6.45, 7) is 3.69. The van der Waals surface area contributed by atoms with Crippen LogP contribution < -0.4 is 11.1 Å². The molecule has 1 saturated heterocycles. The van der Waals surface area contributed by atoms with Crippen molar-refractivity contribution in [3.8, 4) is 0 Å². The van der Waals surface area contributed by atoms with Gasteiger partial charge in [-0.05, 0) is 44.0 Å². The highest BCUT2D eigenvalue weighted by atomic mass is 16.2. The third kappa shape index (κ3) is 2.90. The largest absolute Gasteiger partial charge is 0.399 e. The maximum absolute atomic E-state index is 12.1. The number of nitrogen functional groups attached to an aromatic ring is 1. The van der Waals surface area contributed by atoms with Crippen molar-refractivity contribution >= 4 is 17.3 Å². The van der Waals surface area contributed by atoms with Gasteiger partial charge in [0.1, 0.15) is 6.04 Å². The van der Waals surface area contributed by atoms with Crippen molar-refractivity contribution in [1.29, 1.82) is 0 Å². The molecule has 1 heterocycles. The zero-order valence-corrected chi connectivity index (χ0v) is 10.1. The highest BCUT2D eigenvalue weighted by Gasteiger charge is 2.22. The summed E-state index contributed by atoms with van der Waals surface area (Å²) in [7, 11) is 0. The minimum absolute atomic E-state index is 0.180. The number of hydrogen-bond donors (Lipinski definition) is 2. The Hall–Kier alpha value is -1.71. The Labute approximate surface area is 102 Å². The maximum atomic E-state index is 12.1. The summed E-state index contributed by atoms with van der Waals surface area (Å²) < 4.78 is 0. The number of carbonyl (C=O) groups is 1. The fourth-order valence-corrected chi connectivity index (χ4v) is 2.10. The third-order valence-electron chi connectivity index (χ3n) is 3.08. The summed E-state index contributed by atoms with van der Waals surface area (Å²) in [5.41, 5.74) is 7.27. The van der Waals surface area contributed by atoms with Crippen LogP contribution in [0.4, 0.5) is 11.4 Å². The topological polar surface area (TPSA) is 58.4 Å². The molecule has 1 amide bonds. The molecule has 17 heavy (non-hydrogen) atoms. The second kappa shape index (κ2) is 5.08. The molecule has 0 radical (unpaired) electrons. The Morgan fingerprint density at radius 3 is 2.47 bits per heavy atom. The van der Waals surface area contributed by atoms with Crippen LogP contribution in [0.15, 0.2) is 24.3 Å². The van der Waals surface area contributed by atoms with E-state index in [1.54, 1.807) is 0 Å². The second-order valence-electron chi connectivity index (χ2n) is 4.52. The van der Waals surface area contributed by atoms with Gasteiger partial charge in [-0.3, -0.25) is 4.79 Å². The van der Waals surface area contributed by atoms with Crippen molar-refractivity contribution in [2.24, 2.45) is 0 Å². The first-order valence-corrected chi connectivity index (χ1v) is 6.07. The van der Waals surface area contributed by atoms with E-state index in [9.17, 15) is 4.79 Å². The van der Waals surface area contributed by atoms with E-state index in [1.807, 2.05) is 36.1 Å². The monoisotopic (exact) mass is 233 g/mol. The Kier molecular flexibility index (Phi) is 3.52. The number of hydrogen-bond acceptors (Lipinski definition) is 3. The summed E-state index contributed by atoms with van der Waals surface area (Å²) in [4.78, 5) is 14.0. The van der Waals surface area contributed by atoms with E-state index in [-0.39, 0.29) is 11.9 Å². The third-order valence-corrected chi connectivity index (χ3v) is 3.08. The molecule has 0 aromatic heterocycles. The van der Waals surface area contributed by atoms with Gasteiger partial charge in [-0.1, -0.05) is 0 Å². The van der Waals surface area contributed by atoms with Gasteiger partial charge in [-0.15, -0.1) is 0 Å². The Bertz CT molecular complexity index is 382. The molecule has 4 nitrogen and oxygen atoms in total. The van der Waals surface area contributed by atoms with Gasteiger partial charge in [0, 0.05) is 24.5 Å². The zero-order valence-electron chi connectivity index (χ0n) is 10.1. The van der Waals surface area contributed by atoms with Crippen LogP contribution in [-0.2, 0) is 4.79 Å². The molecule has 0 bridgehead atoms. The molecule has 1 aliphatic heterocycles.